The molecule has 1 heterocycles. The topological polar surface area (TPSA) is 15.3 Å². The lowest BCUT2D eigenvalue weighted by atomic mass is 10.0. The maximum atomic E-state index is 3.32. The van der Waals surface area contributed by atoms with E-state index in [0.29, 0.717) is 0 Å². The van der Waals surface area contributed by atoms with E-state index in [1.54, 1.807) is 0 Å². The molecule has 0 aliphatic carbocycles. The zero-order valence-electron chi connectivity index (χ0n) is 9.05. The summed E-state index contributed by atoms with van der Waals surface area (Å²) in [6.45, 7) is 6.05. The molecular weight excluding hydrogens is 180 g/mol. The summed E-state index contributed by atoms with van der Waals surface area (Å²) in [4.78, 5) is 2.50. The van der Waals surface area contributed by atoms with Crippen LogP contribution in [-0.2, 0) is 0 Å². The third-order valence-electron chi connectivity index (χ3n) is 2.90. The highest BCUT2D eigenvalue weighted by atomic mass is 32.2. The second kappa shape index (κ2) is 5.89. The first-order chi connectivity index (χ1) is 6.24. The summed E-state index contributed by atoms with van der Waals surface area (Å²) in [6, 6.07) is 0.744. The Labute approximate surface area is 86.5 Å². The van der Waals surface area contributed by atoms with Crippen molar-refractivity contribution in [2.45, 2.75) is 19.4 Å². The van der Waals surface area contributed by atoms with Gasteiger partial charge in [-0.3, -0.25) is 0 Å². The smallest absolute Gasteiger partial charge is 0.00718 e. The number of hydrogen-bond donors (Lipinski definition) is 1. The third-order valence-corrected chi connectivity index (χ3v) is 3.55. The van der Waals surface area contributed by atoms with E-state index in [0.717, 1.165) is 12.0 Å². The van der Waals surface area contributed by atoms with Crippen LogP contribution in [0.25, 0.3) is 0 Å². The Hall–Kier alpha value is 0.270. The van der Waals surface area contributed by atoms with Crippen LogP contribution >= 0.6 is 11.8 Å². The lowest BCUT2D eigenvalue weighted by molar-refractivity contribution is 0.181. The molecule has 1 atom stereocenters. The lowest BCUT2D eigenvalue weighted by Gasteiger charge is -2.34. The van der Waals surface area contributed by atoms with Gasteiger partial charge in [-0.1, -0.05) is 0 Å². The van der Waals surface area contributed by atoms with Gasteiger partial charge >= 0.3 is 0 Å². The average Bonchev–Trinajstić information content (AvgIpc) is 2.06. The van der Waals surface area contributed by atoms with Crippen molar-refractivity contribution in [2.75, 3.05) is 38.7 Å². The largest absolute Gasteiger partial charge is 0.316 e. The van der Waals surface area contributed by atoms with Gasteiger partial charge in [0.15, 0.2) is 0 Å². The standard InChI is InChI=1S/C10H22N2S/c1-9(4-5-13-3)12(2)8-10-6-11-7-10/h9-11H,4-8H2,1-3H3. The van der Waals surface area contributed by atoms with Gasteiger partial charge in [0.1, 0.15) is 0 Å². The molecule has 0 bridgehead atoms. The summed E-state index contributed by atoms with van der Waals surface area (Å²) in [5.41, 5.74) is 0. The van der Waals surface area contributed by atoms with Crippen LogP contribution in [0.5, 0.6) is 0 Å². The molecule has 0 aromatic carbocycles. The van der Waals surface area contributed by atoms with Crippen LogP contribution in [0.15, 0.2) is 0 Å². The summed E-state index contributed by atoms with van der Waals surface area (Å²) in [6.07, 6.45) is 3.50. The lowest BCUT2D eigenvalue weighted by Crippen LogP contribution is -2.49. The van der Waals surface area contributed by atoms with Gasteiger partial charge in [0, 0.05) is 25.7 Å². The Morgan fingerprint density at radius 1 is 1.54 bits per heavy atom. The van der Waals surface area contributed by atoms with E-state index in [2.05, 4.69) is 30.4 Å². The first-order valence-corrected chi connectivity index (χ1v) is 6.53. The summed E-state index contributed by atoms with van der Waals surface area (Å²) in [5, 5.41) is 3.32. The van der Waals surface area contributed by atoms with Gasteiger partial charge < -0.3 is 10.2 Å². The van der Waals surface area contributed by atoms with E-state index in [-0.39, 0.29) is 0 Å². The summed E-state index contributed by atoms with van der Waals surface area (Å²) in [5.74, 6) is 2.19. The maximum absolute atomic E-state index is 3.32. The molecule has 0 saturated carbocycles. The van der Waals surface area contributed by atoms with E-state index in [1.807, 2.05) is 11.8 Å². The monoisotopic (exact) mass is 202 g/mol. The van der Waals surface area contributed by atoms with Crippen LogP contribution in [0.2, 0.25) is 0 Å². The highest BCUT2D eigenvalue weighted by Crippen LogP contribution is 2.10. The van der Waals surface area contributed by atoms with Gasteiger partial charge in [0.2, 0.25) is 0 Å². The molecule has 1 unspecified atom stereocenters. The van der Waals surface area contributed by atoms with Gasteiger partial charge in [-0.15, -0.1) is 0 Å². The Kier molecular flexibility index (Phi) is 5.14. The number of thioether (sulfide) groups is 1. The fraction of sp³-hybridized carbons (Fsp3) is 1.00. The number of nitrogens with zero attached hydrogens (tertiary/aromatic N) is 1. The highest BCUT2D eigenvalue weighted by molar-refractivity contribution is 7.98. The molecule has 1 aliphatic rings. The quantitative estimate of drug-likeness (QED) is 0.698. The van der Waals surface area contributed by atoms with E-state index < -0.39 is 0 Å². The van der Waals surface area contributed by atoms with Gasteiger partial charge in [-0.2, -0.15) is 11.8 Å². The molecule has 0 aromatic heterocycles. The molecule has 0 radical (unpaired) electrons. The van der Waals surface area contributed by atoms with Crippen molar-refractivity contribution in [3.8, 4) is 0 Å². The Morgan fingerprint density at radius 3 is 2.69 bits per heavy atom. The Balaban J connectivity index is 2.09. The van der Waals surface area contributed by atoms with Gasteiger partial charge in [-0.25, -0.2) is 0 Å². The zero-order valence-corrected chi connectivity index (χ0v) is 9.86. The van der Waals surface area contributed by atoms with Crippen LogP contribution in [0.3, 0.4) is 0 Å². The number of hydrogen-bond acceptors (Lipinski definition) is 3. The summed E-state index contributed by atoms with van der Waals surface area (Å²) in [7, 11) is 2.25. The molecule has 2 nitrogen and oxygen atoms in total. The first-order valence-electron chi connectivity index (χ1n) is 5.14. The molecule has 1 saturated heterocycles. The molecule has 1 rings (SSSR count). The van der Waals surface area contributed by atoms with E-state index >= 15 is 0 Å². The van der Waals surface area contributed by atoms with Crippen molar-refractivity contribution in [1.29, 1.82) is 0 Å². The van der Waals surface area contributed by atoms with Gasteiger partial charge in [-0.05, 0) is 38.3 Å². The van der Waals surface area contributed by atoms with Gasteiger partial charge in [0.25, 0.3) is 0 Å². The maximum Gasteiger partial charge on any atom is 0.00718 e. The molecule has 3 heteroatoms. The number of nitrogens with one attached hydrogen (secondary N) is 1. The first kappa shape index (κ1) is 11.3. The van der Waals surface area contributed by atoms with Crippen LogP contribution in [0, 0.1) is 5.92 Å². The minimum Gasteiger partial charge on any atom is -0.316 e. The molecular formula is C10H22N2S. The molecule has 1 fully saturated rings. The van der Waals surface area contributed by atoms with Crippen LogP contribution in [0.4, 0.5) is 0 Å². The highest BCUT2D eigenvalue weighted by Gasteiger charge is 2.20. The average molecular weight is 202 g/mol. The van der Waals surface area contributed by atoms with Crippen molar-refractivity contribution >= 4 is 11.8 Å². The summed E-state index contributed by atoms with van der Waals surface area (Å²) >= 11 is 1.95. The molecule has 0 spiro atoms. The molecule has 1 aliphatic heterocycles. The second-order valence-electron chi connectivity index (χ2n) is 4.09. The van der Waals surface area contributed by atoms with E-state index in [1.165, 1.54) is 31.8 Å². The molecule has 78 valence electrons. The SMILES string of the molecule is CSCCC(C)N(C)CC1CNC1. The predicted molar refractivity (Wildman–Crippen MR) is 61.5 cm³/mol. The van der Waals surface area contributed by atoms with Crippen LogP contribution < -0.4 is 5.32 Å². The van der Waals surface area contributed by atoms with Crippen LogP contribution in [0.1, 0.15) is 13.3 Å². The molecule has 0 amide bonds. The fourth-order valence-corrected chi connectivity index (χ4v) is 2.15. The third kappa shape index (κ3) is 3.88. The molecule has 0 aromatic rings. The van der Waals surface area contributed by atoms with Crippen molar-refractivity contribution in [1.82, 2.24) is 10.2 Å². The summed E-state index contributed by atoms with van der Waals surface area (Å²) < 4.78 is 0. The Morgan fingerprint density at radius 2 is 2.23 bits per heavy atom. The van der Waals surface area contributed by atoms with E-state index in [9.17, 15) is 0 Å². The van der Waals surface area contributed by atoms with Gasteiger partial charge in [0.05, 0.1) is 0 Å². The second-order valence-corrected chi connectivity index (χ2v) is 5.08. The van der Waals surface area contributed by atoms with Crippen molar-refractivity contribution < 1.29 is 0 Å². The normalized spacial score (nSPS) is 20.3. The van der Waals surface area contributed by atoms with Crippen LogP contribution in [-0.4, -0.2) is 49.6 Å². The zero-order chi connectivity index (χ0) is 9.68. The predicted octanol–water partition coefficient (Wildman–Crippen LogP) is 1.28. The minimum atomic E-state index is 0.744. The molecule has 1 N–H and O–H groups in total. The Bertz CT molecular complexity index is 137. The minimum absolute atomic E-state index is 0.744. The van der Waals surface area contributed by atoms with Crippen molar-refractivity contribution in [2.24, 2.45) is 5.92 Å². The van der Waals surface area contributed by atoms with Crippen molar-refractivity contribution in [3.05, 3.63) is 0 Å². The van der Waals surface area contributed by atoms with Crippen molar-refractivity contribution in [3.63, 3.8) is 0 Å². The fourth-order valence-electron chi connectivity index (χ4n) is 1.57. The van der Waals surface area contributed by atoms with E-state index in [4.69, 9.17) is 0 Å². The molecule has 13 heavy (non-hydrogen) atoms. The number of rotatable bonds is 6.